The van der Waals surface area contributed by atoms with Gasteiger partial charge < -0.3 is 4.90 Å². The van der Waals surface area contributed by atoms with E-state index >= 15 is 0 Å². The highest BCUT2D eigenvalue weighted by molar-refractivity contribution is 5.20. The van der Waals surface area contributed by atoms with E-state index in [0.717, 1.165) is 19.5 Å². The van der Waals surface area contributed by atoms with Gasteiger partial charge in [-0.3, -0.25) is 0 Å². The highest BCUT2D eigenvalue weighted by Gasteiger charge is 1.99. The van der Waals surface area contributed by atoms with Gasteiger partial charge in [0.25, 0.3) is 0 Å². The Morgan fingerprint density at radius 2 is 1.94 bits per heavy atom. The highest BCUT2D eigenvalue weighted by Crippen LogP contribution is 2.05. The molecular weight excluding hydrogens is 194 g/mol. The molecule has 0 fully saturated rings. The third kappa shape index (κ3) is 7.33. The third-order valence-electron chi connectivity index (χ3n) is 2.48. The van der Waals surface area contributed by atoms with Gasteiger partial charge in [-0.15, -0.1) is 0 Å². The Morgan fingerprint density at radius 1 is 1.19 bits per heavy atom. The topological polar surface area (TPSA) is 3.24 Å². The molecule has 0 rings (SSSR count). The number of hydrogen-bond acceptors (Lipinski definition) is 1. The second-order valence-corrected chi connectivity index (χ2v) is 3.98. The Bertz CT molecular complexity index is 236. The molecule has 16 heavy (non-hydrogen) atoms. The summed E-state index contributed by atoms with van der Waals surface area (Å²) in [6.07, 6.45) is 14.6. The van der Waals surface area contributed by atoms with Crippen LogP contribution in [0.5, 0.6) is 0 Å². The van der Waals surface area contributed by atoms with E-state index in [9.17, 15) is 0 Å². The number of allylic oxidation sites excluding steroid dienone is 3. The van der Waals surface area contributed by atoms with Crippen molar-refractivity contribution in [1.82, 2.24) is 4.90 Å². The van der Waals surface area contributed by atoms with Crippen molar-refractivity contribution in [2.75, 3.05) is 13.1 Å². The first-order valence-corrected chi connectivity index (χ1v) is 6.47. The van der Waals surface area contributed by atoms with Gasteiger partial charge in [0.15, 0.2) is 0 Å². The van der Waals surface area contributed by atoms with Crippen molar-refractivity contribution < 1.29 is 0 Å². The summed E-state index contributed by atoms with van der Waals surface area (Å²) in [7, 11) is 0. The van der Waals surface area contributed by atoms with Crippen LogP contribution < -0.4 is 0 Å². The zero-order chi connectivity index (χ0) is 12.2. The van der Waals surface area contributed by atoms with Gasteiger partial charge in [0.2, 0.25) is 0 Å². The second-order valence-electron chi connectivity index (χ2n) is 3.98. The molecule has 0 aromatic carbocycles. The van der Waals surface area contributed by atoms with Crippen LogP contribution in [-0.4, -0.2) is 18.0 Å². The molecule has 0 aliphatic heterocycles. The van der Waals surface area contributed by atoms with Crippen LogP contribution in [0.4, 0.5) is 0 Å². The van der Waals surface area contributed by atoms with Crippen molar-refractivity contribution in [1.29, 1.82) is 0 Å². The molecule has 0 heterocycles. The Balaban J connectivity index is 4.29. The van der Waals surface area contributed by atoms with E-state index < -0.39 is 0 Å². The fourth-order valence-electron chi connectivity index (χ4n) is 1.52. The van der Waals surface area contributed by atoms with Crippen molar-refractivity contribution in [2.45, 2.75) is 47.0 Å². The van der Waals surface area contributed by atoms with Gasteiger partial charge in [0, 0.05) is 13.1 Å². The van der Waals surface area contributed by atoms with Crippen molar-refractivity contribution in [3.8, 4) is 0 Å². The van der Waals surface area contributed by atoms with Crippen LogP contribution in [0.15, 0.2) is 36.1 Å². The van der Waals surface area contributed by atoms with Crippen LogP contribution in [-0.2, 0) is 0 Å². The molecule has 0 aliphatic rings. The molecule has 0 aliphatic carbocycles. The summed E-state index contributed by atoms with van der Waals surface area (Å²) in [5.74, 6) is 0. The molecule has 0 atom stereocenters. The molecule has 0 spiro atoms. The molecule has 92 valence electrons. The van der Waals surface area contributed by atoms with Crippen LogP contribution in [0.3, 0.4) is 0 Å². The Labute approximate surface area is 102 Å². The summed E-state index contributed by atoms with van der Waals surface area (Å²) in [6, 6.07) is 0. The molecule has 0 unspecified atom stereocenters. The summed E-state index contributed by atoms with van der Waals surface area (Å²) in [4.78, 5) is 2.39. The summed E-state index contributed by atoms with van der Waals surface area (Å²) in [5.41, 5.74) is 1.40. The van der Waals surface area contributed by atoms with E-state index in [2.05, 4.69) is 63.1 Å². The van der Waals surface area contributed by atoms with Crippen molar-refractivity contribution in [3.63, 3.8) is 0 Å². The predicted octanol–water partition coefficient (Wildman–Crippen LogP) is 4.53. The Kier molecular flexibility index (Phi) is 9.89. The first kappa shape index (κ1) is 15.0. The molecule has 0 radical (unpaired) electrons. The fourth-order valence-corrected chi connectivity index (χ4v) is 1.52. The summed E-state index contributed by atoms with van der Waals surface area (Å²) in [6.45, 7) is 10.8. The Morgan fingerprint density at radius 3 is 2.44 bits per heavy atom. The minimum atomic E-state index is 1.03. The zero-order valence-electron chi connectivity index (χ0n) is 11.4. The van der Waals surface area contributed by atoms with Gasteiger partial charge in [-0.25, -0.2) is 0 Å². The van der Waals surface area contributed by atoms with Crippen molar-refractivity contribution in [2.24, 2.45) is 0 Å². The maximum Gasteiger partial charge on any atom is 0.0420 e. The molecule has 1 heteroatoms. The molecular formula is C15H27N. The van der Waals surface area contributed by atoms with E-state index in [0.29, 0.717) is 0 Å². The fraction of sp³-hybridized carbons (Fsp3) is 0.600. The van der Waals surface area contributed by atoms with Gasteiger partial charge in [0.05, 0.1) is 0 Å². The van der Waals surface area contributed by atoms with Gasteiger partial charge in [-0.05, 0) is 38.5 Å². The lowest BCUT2D eigenvalue weighted by molar-refractivity contribution is 0.398. The van der Waals surface area contributed by atoms with E-state index in [1.807, 2.05) is 0 Å². The van der Waals surface area contributed by atoms with Gasteiger partial charge >= 0.3 is 0 Å². The average molecular weight is 221 g/mol. The van der Waals surface area contributed by atoms with Crippen LogP contribution >= 0.6 is 0 Å². The smallest absolute Gasteiger partial charge is 0.0420 e. The molecule has 0 aromatic heterocycles. The highest BCUT2D eigenvalue weighted by atomic mass is 15.1. The summed E-state index contributed by atoms with van der Waals surface area (Å²) >= 11 is 0. The normalized spacial score (nSPS) is 12.9. The Hall–Kier alpha value is -0.980. The molecule has 0 N–H and O–H groups in total. The van der Waals surface area contributed by atoms with E-state index in [4.69, 9.17) is 0 Å². The van der Waals surface area contributed by atoms with Crippen molar-refractivity contribution >= 4 is 0 Å². The van der Waals surface area contributed by atoms with E-state index in [1.54, 1.807) is 0 Å². The third-order valence-corrected chi connectivity index (χ3v) is 2.48. The van der Waals surface area contributed by atoms with E-state index in [1.165, 1.54) is 18.4 Å². The molecule has 0 bridgehead atoms. The maximum absolute atomic E-state index is 2.39. The van der Waals surface area contributed by atoms with Gasteiger partial charge in [-0.1, -0.05) is 44.6 Å². The molecule has 0 amide bonds. The standard InChI is InChI=1S/C15H27N/c1-5-9-11-15(8-4)14-16(12-7-3)13-10-6-2/h7-9,11-12H,5-6,10,13-14H2,1-4H3/b11-9-,12-7+,15-8+. The first-order chi connectivity index (χ1) is 7.78. The number of rotatable bonds is 8. The monoisotopic (exact) mass is 221 g/mol. The lowest BCUT2D eigenvalue weighted by Crippen LogP contribution is -2.20. The number of hydrogen-bond donors (Lipinski definition) is 0. The summed E-state index contributed by atoms with van der Waals surface area (Å²) < 4.78 is 0. The second kappa shape index (κ2) is 10.5. The van der Waals surface area contributed by atoms with Gasteiger partial charge in [0.1, 0.15) is 0 Å². The largest absolute Gasteiger partial charge is 0.373 e. The van der Waals surface area contributed by atoms with Crippen molar-refractivity contribution in [3.05, 3.63) is 36.1 Å². The van der Waals surface area contributed by atoms with Gasteiger partial charge in [-0.2, -0.15) is 0 Å². The average Bonchev–Trinajstić information content (AvgIpc) is 2.31. The zero-order valence-corrected chi connectivity index (χ0v) is 11.4. The van der Waals surface area contributed by atoms with Crippen LogP contribution in [0.2, 0.25) is 0 Å². The summed E-state index contributed by atoms with van der Waals surface area (Å²) in [5, 5.41) is 0. The molecule has 0 aromatic rings. The minimum Gasteiger partial charge on any atom is -0.373 e. The van der Waals surface area contributed by atoms with Crippen LogP contribution in [0.1, 0.15) is 47.0 Å². The minimum absolute atomic E-state index is 1.03. The van der Waals surface area contributed by atoms with Crippen LogP contribution in [0.25, 0.3) is 0 Å². The lowest BCUT2D eigenvalue weighted by Gasteiger charge is -2.20. The van der Waals surface area contributed by atoms with Crippen LogP contribution in [0, 0.1) is 0 Å². The maximum atomic E-state index is 2.39. The number of unbranched alkanes of at least 4 members (excludes halogenated alkanes) is 1. The number of nitrogens with zero attached hydrogens (tertiary/aromatic N) is 1. The SMILES string of the molecule is C/C=C/N(CCCC)CC(/C=C\CC)=C/C. The molecule has 0 saturated heterocycles. The predicted molar refractivity (Wildman–Crippen MR) is 74.5 cm³/mol. The lowest BCUT2D eigenvalue weighted by atomic mass is 10.2. The quantitative estimate of drug-likeness (QED) is 0.544. The molecule has 0 saturated carbocycles. The van der Waals surface area contributed by atoms with E-state index in [-0.39, 0.29) is 0 Å². The first-order valence-electron chi connectivity index (χ1n) is 6.47. The molecule has 1 nitrogen and oxygen atoms in total.